The zero-order valence-electron chi connectivity index (χ0n) is 5.55. The van der Waals surface area contributed by atoms with Gasteiger partial charge in [0.05, 0.1) is 12.4 Å². The van der Waals surface area contributed by atoms with Gasteiger partial charge in [-0.1, -0.05) is 0 Å². The van der Waals surface area contributed by atoms with Crippen molar-refractivity contribution < 1.29 is 21.8 Å². The Kier molecular flexibility index (Phi) is 2.11. The van der Waals surface area contributed by atoms with Crippen molar-refractivity contribution >= 4 is 10.1 Å². The second-order valence-corrected chi connectivity index (χ2v) is 3.33. The predicted molar refractivity (Wildman–Crippen MR) is 33.3 cm³/mol. The van der Waals surface area contributed by atoms with Gasteiger partial charge in [-0.15, -0.1) is 0 Å². The van der Waals surface area contributed by atoms with Crippen LogP contribution in [-0.4, -0.2) is 22.8 Å². The average Bonchev–Trinajstić information content (AvgIpc) is 2.30. The van der Waals surface area contributed by atoms with Crippen LogP contribution >= 0.6 is 0 Å². The maximum Gasteiger partial charge on any atom is 0.333 e. The Morgan fingerprint density at radius 3 is 2.42 bits per heavy atom. The Labute approximate surface area is 66.4 Å². The van der Waals surface area contributed by atoms with Gasteiger partial charge in [-0.2, -0.15) is 22.3 Å². The van der Waals surface area contributed by atoms with Gasteiger partial charge in [0.25, 0.3) is 10.1 Å². The fourth-order valence-corrected chi connectivity index (χ4v) is 0.982. The minimum absolute atomic E-state index is 0.128. The molecule has 1 aromatic rings. The van der Waals surface area contributed by atoms with E-state index in [0.717, 1.165) is 0 Å². The predicted octanol–water partition coefficient (Wildman–Crippen LogP) is 0.525. The Balaban J connectivity index is 3.09. The van der Waals surface area contributed by atoms with Crippen molar-refractivity contribution in [3.05, 3.63) is 12.4 Å². The molecule has 5 nitrogen and oxygen atoms in total. The molecule has 0 saturated heterocycles. The highest BCUT2D eigenvalue weighted by Crippen LogP contribution is 2.12. The van der Waals surface area contributed by atoms with E-state index in [1.54, 1.807) is 0 Å². The van der Waals surface area contributed by atoms with Crippen LogP contribution in [-0.2, 0) is 10.1 Å². The van der Waals surface area contributed by atoms with E-state index in [-0.39, 0.29) is 4.68 Å². The van der Waals surface area contributed by atoms with Crippen molar-refractivity contribution in [1.29, 1.82) is 0 Å². The van der Waals surface area contributed by atoms with Crippen LogP contribution < -0.4 is 0 Å². The number of rotatable bonds is 2. The SMILES string of the molecule is O=S(=O)(O)c1cnn(C(F)F)c1. The maximum absolute atomic E-state index is 11.8. The molecule has 1 rings (SSSR count). The third-order valence-corrected chi connectivity index (χ3v) is 1.88. The molecule has 1 aromatic heterocycles. The second kappa shape index (κ2) is 2.79. The van der Waals surface area contributed by atoms with E-state index in [1.165, 1.54) is 0 Å². The monoisotopic (exact) mass is 198 g/mol. The number of hydrogen-bond acceptors (Lipinski definition) is 3. The van der Waals surface area contributed by atoms with E-state index in [2.05, 4.69) is 5.10 Å². The topological polar surface area (TPSA) is 72.2 Å². The third kappa shape index (κ3) is 1.77. The van der Waals surface area contributed by atoms with Gasteiger partial charge in [0, 0.05) is 0 Å². The van der Waals surface area contributed by atoms with Crippen LogP contribution in [0.2, 0.25) is 0 Å². The van der Waals surface area contributed by atoms with E-state index >= 15 is 0 Å². The van der Waals surface area contributed by atoms with E-state index in [4.69, 9.17) is 4.55 Å². The first-order valence-electron chi connectivity index (χ1n) is 2.71. The lowest BCUT2D eigenvalue weighted by atomic mass is 10.7. The van der Waals surface area contributed by atoms with Crippen molar-refractivity contribution in [1.82, 2.24) is 9.78 Å². The van der Waals surface area contributed by atoms with Crippen LogP contribution in [0.4, 0.5) is 8.78 Å². The Morgan fingerprint density at radius 1 is 1.58 bits per heavy atom. The number of aromatic nitrogens is 2. The van der Waals surface area contributed by atoms with Gasteiger partial charge >= 0.3 is 6.55 Å². The summed E-state index contributed by atoms with van der Waals surface area (Å²) in [7, 11) is -4.43. The summed E-state index contributed by atoms with van der Waals surface area (Å²) in [5.74, 6) is 0. The molecule has 0 aliphatic heterocycles. The summed E-state index contributed by atoms with van der Waals surface area (Å²) >= 11 is 0. The molecule has 0 radical (unpaired) electrons. The lowest BCUT2D eigenvalue weighted by molar-refractivity contribution is 0.0563. The highest BCUT2D eigenvalue weighted by atomic mass is 32.2. The highest BCUT2D eigenvalue weighted by Gasteiger charge is 2.15. The number of halogens is 2. The third-order valence-electron chi connectivity index (χ3n) is 1.08. The summed E-state index contributed by atoms with van der Waals surface area (Å²) < 4.78 is 52.7. The highest BCUT2D eigenvalue weighted by molar-refractivity contribution is 7.85. The molecule has 0 atom stereocenters. The summed E-state index contributed by atoms with van der Waals surface area (Å²) in [5.41, 5.74) is 0. The fraction of sp³-hybridized carbons (Fsp3) is 0.250. The van der Waals surface area contributed by atoms with Gasteiger partial charge < -0.3 is 0 Å². The van der Waals surface area contributed by atoms with Gasteiger partial charge in [-0.25, -0.2) is 4.68 Å². The minimum atomic E-state index is -4.43. The zero-order chi connectivity index (χ0) is 9.35. The molecule has 1 N–H and O–H groups in total. The molecule has 1 heterocycles. The van der Waals surface area contributed by atoms with Crippen LogP contribution in [0.3, 0.4) is 0 Å². The van der Waals surface area contributed by atoms with Gasteiger partial charge in [-0.05, 0) is 0 Å². The van der Waals surface area contributed by atoms with Crippen molar-refractivity contribution in [2.45, 2.75) is 11.4 Å². The molecule has 0 aliphatic carbocycles. The van der Waals surface area contributed by atoms with Crippen molar-refractivity contribution in [2.75, 3.05) is 0 Å². The molecule has 0 unspecified atom stereocenters. The average molecular weight is 198 g/mol. The Bertz CT molecular complexity index is 371. The minimum Gasteiger partial charge on any atom is -0.282 e. The molecule has 68 valence electrons. The van der Waals surface area contributed by atoms with Crippen molar-refractivity contribution in [3.8, 4) is 0 Å². The van der Waals surface area contributed by atoms with E-state index in [9.17, 15) is 17.2 Å². The van der Waals surface area contributed by atoms with Crippen LogP contribution in [0.15, 0.2) is 17.3 Å². The quantitative estimate of drug-likeness (QED) is 0.703. The largest absolute Gasteiger partial charge is 0.333 e. The lowest BCUT2D eigenvalue weighted by Crippen LogP contribution is -1.98. The summed E-state index contributed by atoms with van der Waals surface area (Å²) in [6.07, 6.45) is 1.18. The molecule has 0 spiro atoms. The molecular formula is C4H4F2N2O3S. The Morgan fingerprint density at radius 2 is 2.17 bits per heavy atom. The zero-order valence-corrected chi connectivity index (χ0v) is 6.37. The standard InChI is InChI=1S/C4H4F2N2O3S/c5-4(6)8-2-3(1-7-8)12(9,10)11/h1-2,4H,(H,9,10,11). The molecular weight excluding hydrogens is 194 g/mol. The second-order valence-electron chi connectivity index (χ2n) is 1.91. The summed E-state index contributed by atoms with van der Waals surface area (Å²) in [5, 5.41) is 3.01. The summed E-state index contributed by atoms with van der Waals surface area (Å²) in [6.45, 7) is -2.92. The van der Waals surface area contributed by atoms with E-state index in [1.807, 2.05) is 0 Å². The molecule has 0 aromatic carbocycles. The maximum atomic E-state index is 11.8. The smallest absolute Gasteiger partial charge is 0.282 e. The summed E-state index contributed by atoms with van der Waals surface area (Å²) in [6, 6.07) is 0. The molecule has 0 amide bonds. The van der Waals surface area contributed by atoms with Gasteiger partial charge in [-0.3, -0.25) is 4.55 Å². The van der Waals surface area contributed by atoms with Crippen LogP contribution in [0, 0.1) is 0 Å². The molecule has 12 heavy (non-hydrogen) atoms. The van der Waals surface area contributed by atoms with E-state index < -0.39 is 21.6 Å². The van der Waals surface area contributed by atoms with Crippen LogP contribution in [0.25, 0.3) is 0 Å². The first-order valence-corrected chi connectivity index (χ1v) is 4.15. The lowest BCUT2D eigenvalue weighted by Gasteiger charge is -1.94. The van der Waals surface area contributed by atoms with Gasteiger partial charge in [0.2, 0.25) is 0 Å². The summed E-state index contributed by atoms with van der Waals surface area (Å²) in [4.78, 5) is -0.650. The molecule has 0 saturated carbocycles. The molecule has 0 bridgehead atoms. The number of alkyl halides is 2. The number of hydrogen-bond donors (Lipinski definition) is 1. The van der Waals surface area contributed by atoms with Crippen molar-refractivity contribution in [3.63, 3.8) is 0 Å². The van der Waals surface area contributed by atoms with Crippen molar-refractivity contribution in [2.24, 2.45) is 0 Å². The van der Waals surface area contributed by atoms with Gasteiger partial charge in [0.15, 0.2) is 0 Å². The number of nitrogens with zero attached hydrogens (tertiary/aromatic N) is 2. The first-order chi connectivity index (χ1) is 5.41. The van der Waals surface area contributed by atoms with E-state index in [0.29, 0.717) is 12.4 Å². The fourth-order valence-electron chi connectivity index (χ4n) is 0.561. The molecule has 0 aliphatic rings. The Hall–Kier alpha value is -1.02. The van der Waals surface area contributed by atoms with Crippen LogP contribution in [0.1, 0.15) is 6.55 Å². The first kappa shape index (κ1) is 9.07. The van der Waals surface area contributed by atoms with Gasteiger partial charge in [0.1, 0.15) is 4.90 Å². The molecule has 8 heteroatoms. The normalized spacial score (nSPS) is 12.3. The van der Waals surface area contributed by atoms with Crippen LogP contribution in [0.5, 0.6) is 0 Å². The molecule has 0 fully saturated rings.